The molecule has 1 unspecified atom stereocenters. The second kappa shape index (κ2) is 9.82. The smallest absolute Gasteiger partial charge is 0.0587 e. The van der Waals surface area contributed by atoms with Crippen molar-refractivity contribution in [2.45, 2.75) is 26.7 Å². The van der Waals surface area contributed by atoms with Crippen molar-refractivity contribution < 1.29 is 9.47 Å². The first-order chi connectivity index (χ1) is 7.68. The van der Waals surface area contributed by atoms with Gasteiger partial charge in [0, 0.05) is 33.4 Å². The molecule has 3 nitrogen and oxygen atoms in total. The van der Waals surface area contributed by atoms with Crippen molar-refractivity contribution in [1.29, 1.82) is 0 Å². The van der Waals surface area contributed by atoms with Crippen LogP contribution in [0, 0.1) is 5.41 Å². The summed E-state index contributed by atoms with van der Waals surface area (Å²) in [6.07, 6.45) is 4.23. The Morgan fingerprint density at radius 3 is 2.69 bits per heavy atom. The van der Waals surface area contributed by atoms with E-state index in [2.05, 4.69) is 18.8 Å². The number of hydrogen-bond acceptors (Lipinski definition) is 3. The minimum Gasteiger partial charge on any atom is -0.383 e. The fourth-order valence-electron chi connectivity index (χ4n) is 1.53. The molecule has 0 heterocycles. The summed E-state index contributed by atoms with van der Waals surface area (Å²) >= 11 is 0. The van der Waals surface area contributed by atoms with E-state index in [1.807, 2.05) is 13.0 Å². The Balaban J connectivity index is 3.68. The fourth-order valence-corrected chi connectivity index (χ4v) is 1.53. The molecule has 0 radical (unpaired) electrons. The lowest BCUT2D eigenvalue weighted by atomic mass is 9.85. The molecule has 0 aromatic rings. The minimum atomic E-state index is 0.158. The lowest BCUT2D eigenvalue weighted by molar-refractivity contribution is 0.134. The van der Waals surface area contributed by atoms with Crippen LogP contribution in [0.15, 0.2) is 12.7 Å². The Bertz CT molecular complexity index is 159. The molecule has 1 atom stereocenters. The van der Waals surface area contributed by atoms with E-state index in [4.69, 9.17) is 9.47 Å². The van der Waals surface area contributed by atoms with Gasteiger partial charge in [0.25, 0.3) is 0 Å². The molecule has 0 aromatic heterocycles. The van der Waals surface area contributed by atoms with Crippen LogP contribution in [0.5, 0.6) is 0 Å². The van der Waals surface area contributed by atoms with E-state index in [9.17, 15) is 0 Å². The van der Waals surface area contributed by atoms with Gasteiger partial charge in [0.2, 0.25) is 0 Å². The van der Waals surface area contributed by atoms with Crippen LogP contribution < -0.4 is 5.32 Å². The Labute approximate surface area is 100 Å². The van der Waals surface area contributed by atoms with Gasteiger partial charge in [0.15, 0.2) is 0 Å². The van der Waals surface area contributed by atoms with Crippen LogP contribution in [0.4, 0.5) is 0 Å². The normalized spacial score (nSPS) is 14.7. The lowest BCUT2D eigenvalue weighted by Crippen LogP contribution is -2.32. The predicted molar refractivity (Wildman–Crippen MR) is 68.8 cm³/mol. The van der Waals surface area contributed by atoms with Gasteiger partial charge in [-0.15, -0.1) is 6.58 Å². The van der Waals surface area contributed by atoms with Crippen LogP contribution in [0.25, 0.3) is 0 Å². The Hall–Kier alpha value is -0.380. The van der Waals surface area contributed by atoms with Crippen LogP contribution >= 0.6 is 0 Å². The number of methoxy groups -OCH3 is 1. The van der Waals surface area contributed by atoms with Gasteiger partial charge in [0.1, 0.15) is 0 Å². The average Bonchev–Trinajstić information content (AvgIpc) is 2.31. The minimum absolute atomic E-state index is 0.158. The Morgan fingerprint density at radius 2 is 2.12 bits per heavy atom. The van der Waals surface area contributed by atoms with Gasteiger partial charge < -0.3 is 14.8 Å². The van der Waals surface area contributed by atoms with Gasteiger partial charge in [-0.1, -0.05) is 13.0 Å². The summed E-state index contributed by atoms with van der Waals surface area (Å²) in [5, 5.41) is 3.38. The van der Waals surface area contributed by atoms with E-state index >= 15 is 0 Å². The topological polar surface area (TPSA) is 30.5 Å². The first kappa shape index (κ1) is 15.6. The largest absolute Gasteiger partial charge is 0.383 e. The molecule has 0 aliphatic rings. The van der Waals surface area contributed by atoms with Crippen molar-refractivity contribution in [3.8, 4) is 0 Å². The second-order valence-electron chi connectivity index (χ2n) is 4.33. The lowest BCUT2D eigenvalue weighted by Gasteiger charge is -2.26. The molecule has 96 valence electrons. The Kier molecular flexibility index (Phi) is 9.59. The summed E-state index contributed by atoms with van der Waals surface area (Å²) < 4.78 is 10.3. The van der Waals surface area contributed by atoms with Gasteiger partial charge in [-0.3, -0.25) is 0 Å². The van der Waals surface area contributed by atoms with Crippen molar-refractivity contribution in [2.24, 2.45) is 5.41 Å². The third kappa shape index (κ3) is 7.85. The van der Waals surface area contributed by atoms with Gasteiger partial charge in [0.05, 0.1) is 6.61 Å². The average molecular weight is 229 g/mol. The molecule has 3 heteroatoms. The van der Waals surface area contributed by atoms with Gasteiger partial charge >= 0.3 is 0 Å². The third-order valence-electron chi connectivity index (χ3n) is 2.75. The van der Waals surface area contributed by atoms with Gasteiger partial charge in [-0.25, -0.2) is 0 Å². The SMILES string of the molecule is C=CC(C)(CCCOCC)CNCCOC. The molecule has 0 aliphatic heterocycles. The monoisotopic (exact) mass is 229 g/mol. The van der Waals surface area contributed by atoms with E-state index in [1.165, 1.54) is 0 Å². The zero-order chi connectivity index (χ0) is 12.3. The number of ether oxygens (including phenoxy) is 2. The van der Waals surface area contributed by atoms with E-state index < -0.39 is 0 Å². The maximum atomic E-state index is 5.34. The molecule has 0 aromatic carbocycles. The van der Waals surface area contributed by atoms with E-state index in [-0.39, 0.29) is 5.41 Å². The summed E-state index contributed by atoms with van der Waals surface area (Å²) in [5.41, 5.74) is 0.158. The molecule has 0 saturated carbocycles. The maximum Gasteiger partial charge on any atom is 0.0587 e. The van der Waals surface area contributed by atoms with Crippen LogP contribution in [0.3, 0.4) is 0 Å². The maximum absolute atomic E-state index is 5.34. The van der Waals surface area contributed by atoms with Crippen LogP contribution in [-0.2, 0) is 9.47 Å². The van der Waals surface area contributed by atoms with Gasteiger partial charge in [-0.05, 0) is 25.2 Å². The van der Waals surface area contributed by atoms with E-state index in [1.54, 1.807) is 7.11 Å². The second-order valence-corrected chi connectivity index (χ2v) is 4.33. The summed E-state index contributed by atoms with van der Waals surface area (Å²) in [6.45, 7) is 12.4. The van der Waals surface area contributed by atoms with Crippen molar-refractivity contribution in [1.82, 2.24) is 5.32 Å². The molecule has 0 aliphatic carbocycles. The summed E-state index contributed by atoms with van der Waals surface area (Å²) in [5.74, 6) is 0. The molecule has 0 saturated heterocycles. The standard InChI is InChI=1S/C13H27NO2/c1-5-13(3,8-7-10-16-6-2)12-14-9-11-15-4/h5,14H,1,6-12H2,2-4H3. The quantitative estimate of drug-likeness (QED) is 0.435. The zero-order valence-electron chi connectivity index (χ0n) is 11.1. The predicted octanol–water partition coefficient (Wildman–Crippen LogP) is 2.23. The molecule has 16 heavy (non-hydrogen) atoms. The van der Waals surface area contributed by atoms with E-state index in [0.29, 0.717) is 0 Å². The molecular formula is C13H27NO2. The number of nitrogens with one attached hydrogen (secondary N) is 1. The molecule has 0 amide bonds. The molecule has 1 N–H and O–H groups in total. The molecule has 0 fully saturated rings. The van der Waals surface area contributed by atoms with Crippen molar-refractivity contribution in [3.05, 3.63) is 12.7 Å². The van der Waals surface area contributed by atoms with Crippen molar-refractivity contribution in [3.63, 3.8) is 0 Å². The highest BCUT2D eigenvalue weighted by molar-refractivity contribution is 4.92. The first-order valence-corrected chi connectivity index (χ1v) is 6.09. The molecular weight excluding hydrogens is 202 g/mol. The summed E-state index contributed by atoms with van der Waals surface area (Å²) in [7, 11) is 1.72. The van der Waals surface area contributed by atoms with Crippen LogP contribution in [-0.4, -0.2) is 40.0 Å². The summed E-state index contributed by atoms with van der Waals surface area (Å²) in [6, 6.07) is 0. The third-order valence-corrected chi connectivity index (χ3v) is 2.75. The Morgan fingerprint density at radius 1 is 1.38 bits per heavy atom. The number of rotatable bonds is 11. The van der Waals surface area contributed by atoms with Crippen molar-refractivity contribution in [2.75, 3.05) is 40.0 Å². The highest BCUT2D eigenvalue weighted by atomic mass is 16.5. The molecule has 0 rings (SSSR count). The van der Waals surface area contributed by atoms with Crippen LogP contribution in [0.1, 0.15) is 26.7 Å². The van der Waals surface area contributed by atoms with Gasteiger partial charge in [-0.2, -0.15) is 0 Å². The first-order valence-electron chi connectivity index (χ1n) is 6.09. The van der Waals surface area contributed by atoms with E-state index in [0.717, 1.165) is 45.8 Å². The zero-order valence-corrected chi connectivity index (χ0v) is 11.1. The van der Waals surface area contributed by atoms with Crippen molar-refractivity contribution >= 4 is 0 Å². The highest BCUT2D eigenvalue weighted by Crippen LogP contribution is 2.23. The molecule has 0 bridgehead atoms. The molecule has 0 spiro atoms. The number of hydrogen-bond donors (Lipinski definition) is 1. The van der Waals surface area contributed by atoms with Crippen LogP contribution in [0.2, 0.25) is 0 Å². The highest BCUT2D eigenvalue weighted by Gasteiger charge is 2.18. The summed E-state index contributed by atoms with van der Waals surface area (Å²) in [4.78, 5) is 0. The fraction of sp³-hybridized carbons (Fsp3) is 0.846.